The van der Waals surface area contributed by atoms with Crippen molar-refractivity contribution in [3.05, 3.63) is 11.6 Å². The maximum atomic E-state index is 10.4. The van der Waals surface area contributed by atoms with Crippen molar-refractivity contribution in [1.82, 2.24) is 9.80 Å². The Morgan fingerprint density at radius 3 is 2.80 bits per heavy atom. The summed E-state index contributed by atoms with van der Waals surface area (Å²) in [5.41, 5.74) is 3.32. The zero-order valence-corrected chi connectivity index (χ0v) is 22.6. The quantitative estimate of drug-likeness (QED) is 0.593. The maximum Gasteiger partial charge on any atom is 0.0793 e. The first kappa shape index (κ1) is 22.6. The minimum absolute atomic E-state index is 0.188. The molecule has 2 saturated heterocycles. The fraction of sp³-hybridized carbons (Fsp3) is 0.935. The number of rotatable bonds is 3. The molecule has 3 unspecified atom stereocenters. The fourth-order valence-electron chi connectivity index (χ4n) is 12.5. The Kier molecular flexibility index (Phi) is 4.48. The van der Waals surface area contributed by atoms with Gasteiger partial charge in [-0.05, 0) is 113 Å². The van der Waals surface area contributed by atoms with Crippen LogP contribution in [0.15, 0.2) is 11.6 Å². The highest BCUT2D eigenvalue weighted by Crippen LogP contribution is 2.93. The second kappa shape index (κ2) is 6.96. The van der Waals surface area contributed by atoms with Crippen molar-refractivity contribution in [1.29, 1.82) is 0 Å². The van der Waals surface area contributed by atoms with Crippen molar-refractivity contribution < 1.29 is 9.84 Å². The largest absolute Gasteiger partial charge is 0.389 e. The van der Waals surface area contributed by atoms with E-state index in [1.807, 2.05) is 0 Å². The van der Waals surface area contributed by atoms with E-state index in [0.29, 0.717) is 28.4 Å². The molecular weight excluding hydrogens is 432 g/mol. The van der Waals surface area contributed by atoms with E-state index in [4.69, 9.17) is 4.74 Å². The van der Waals surface area contributed by atoms with Crippen molar-refractivity contribution in [2.24, 2.45) is 45.8 Å². The van der Waals surface area contributed by atoms with E-state index in [2.05, 4.69) is 43.8 Å². The van der Waals surface area contributed by atoms with Crippen LogP contribution < -0.4 is 0 Å². The molecule has 0 radical (unpaired) electrons. The van der Waals surface area contributed by atoms with Crippen molar-refractivity contribution in [3.8, 4) is 0 Å². The highest BCUT2D eigenvalue weighted by Gasteiger charge is 2.91. The van der Waals surface area contributed by atoms with Gasteiger partial charge in [0, 0.05) is 37.0 Å². The first-order valence-corrected chi connectivity index (χ1v) is 15.2. The summed E-state index contributed by atoms with van der Waals surface area (Å²) in [4.78, 5) is 5.23. The third-order valence-corrected chi connectivity index (χ3v) is 13.8. The first-order valence-electron chi connectivity index (χ1n) is 15.2. The van der Waals surface area contributed by atoms with Crippen LogP contribution in [0.5, 0.6) is 0 Å². The van der Waals surface area contributed by atoms with E-state index < -0.39 is 0 Å². The molecule has 4 nitrogen and oxygen atoms in total. The van der Waals surface area contributed by atoms with Gasteiger partial charge in [0.25, 0.3) is 0 Å². The molecule has 5 saturated carbocycles. The van der Waals surface area contributed by atoms with Gasteiger partial charge in [-0.1, -0.05) is 25.5 Å². The van der Waals surface area contributed by atoms with Crippen LogP contribution in [0.1, 0.15) is 78.1 Å². The lowest BCUT2D eigenvalue weighted by Crippen LogP contribution is -2.64. The molecule has 0 aromatic rings. The van der Waals surface area contributed by atoms with Crippen molar-refractivity contribution >= 4 is 0 Å². The zero-order valence-electron chi connectivity index (χ0n) is 22.6. The number of aliphatic hydroxyl groups excluding tert-OH is 1. The Labute approximate surface area is 212 Å². The molecule has 0 aromatic heterocycles. The molecule has 194 valence electrons. The van der Waals surface area contributed by atoms with Crippen molar-refractivity contribution in [2.75, 3.05) is 33.7 Å². The normalized spacial score (nSPS) is 59.8. The van der Waals surface area contributed by atoms with Gasteiger partial charge in [0.2, 0.25) is 0 Å². The molecule has 2 aliphatic heterocycles. The van der Waals surface area contributed by atoms with E-state index in [-0.39, 0.29) is 11.7 Å². The molecule has 2 heterocycles. The summed E-state index contributed by atoms with van der Waals surface area (Å²) in [6, 6.07) is 0.682. The summed E-state index contributed by atoms with van der Waals surface area (Å²) in [6.07, 6.45) is 15.9. The Morgan fingerprint density at radius 2 is 1.97 bits per heavy atom. The predicted molar refractivity (Wildman–Crippen MR) is 138 cm³/mol. The standard InChI is InChI=1S/C31H48N2O2/c1-19-13-26-27(33(17-19)12-11-32(3)4)25-16-30-18-29(30)15-24-22(23(29)8-10-31(25,30)35-26)6-5-20-14-21(34)7-9-28(20,24)2/h14,19,21-27,34H,5-13,15-18H2,1-4H3/t19-,21-,22?,23-,24-,25+,26+,27-,28-,29?,30?,31+/m0/s1. The fourth-order valence-corrected chi connectivity index (χ4v) is 12.5. The number of aliphatic hydroxyl groups is 1. The van der Waals surface area contributed by atoms with Gasteiger partial charge in [0.1, 0.15) is 0 Å². The Morgan fingerprint density at radius 1 is 1.11 bits per heavy atom. The third kappa shape index (κ3) is 2.55. The molecule has 8 rings (SSSR count). The molecule has 8 aliphatic rings. The number of likely N-dealkylation sites (N-methyl/N-ethyl adjacent to an activating group) is 1. The number of hydrogen-bond acceptors (Lipinski definition) is 4. The van der Waals surface area contributed by atoms with E-state index in [9.17, 15) is 5.11 Å². The van der Waals surface area contributed by atoms with Gasteiger partial charge < -0.3 is 14.7 Å². The molecule has 7 fully saturated rings. The smallest absolute Gasteiger partial charge is 0.0793 e. The molecule has 6 aliphatic carbocycles. The monoisotopic (exact) mass is 480 g/mol. The molecule has 35 heavy (non-hydrogen) atoms. The van der Waals surface area contributed by atoms with Gasteiger partial charge in [-0.3, -0.25) is 4.90 Å². The molecular formula is C31H48N2O2. The van der Waals surface area contributed by atoms with E-state index in [1.54, 1.807) is 5.57 Å². The Balaban J connectivity index is 1.10. The number of allylic oxidation sites excluding steroid dienone is 1. The Hall–Kier alpha value is -0.420. The van der Waals surface area contributed by atoms with Crippen molar-refractivity contribution in [2.45, 2.75) is 102 Å². The molecule has 3 spiro atoms. The summed E-state index contributed by atoms with van der Waals surface area (Å²) in [5, 5.41) is 10.4. The molecule has 1 N–H and O–H groups in total. The van der Waals surface area contributed by atoms with Gasteiger partial charge in [-0.15, -0.1) is 0 Å². The van der Waals surface area contributed by atoms with Gasteiger partial charge in [0.05, 0.1) is 17.8 Å². The van der Waals surface area contributed by atoms with Crippen LogP contribution in [0.4, 0.5) is 0 Å². The van der Waals surface area contributed by atoms with Crippen LogP contribution >= 0.6 is 0 Å². The van der Waals surface area contributed by atoms with E-state index in [1.165, 1.54) is 77.4 Å². The number of likely N-dealkylation sites (tertiary alicyclic amines) is 1. The number of hydrogen-bond donors (Lipinski definition) is 1. The van der Waals surface area contributed by atoms with Crippen LogP contribution in [-0.2, 0) is 4.74 Å². The van der Waals surface area contributed by atoms with Crippen LogP contribution in [-0.4, -0.2) is 72.5 Å². The summed E-state index contributed by atoms with van der Waals surface area (Å²) in [7, 11) is 4.44. The van der Waals surface area contributed by atoms with Gasteiger partial charge in [-0.2, -0.15) is 0 Å². The topological polar surface area (TPSA) is 35.9 Å². The summed E-state index contributed by atoms with van der Waals surface area (Å²) in [5.74, 6) is 4.30. The maximum absolute atomic E-state index is 10.4. The second-order valence-corrected chi connectivity index (χ2v) is 15.3. The molecule has 0 aromatic carbocycles. The SMILES string of the molecule is C[C@H]1C[C@H]2O[C@@]34CC[C@H]5C6CCC7=C[C@@H](O)CC[C@]7(C)[C@H]6CC56CC63C[C@@H]4[C@@H]2N(CCN(C)C)C1. The number of piperidine rings is 1. The molecule has 12 atom stereocenters. The first-order chi connectivity index (χ1) is 16.7. The second-order valence-electron chi connectivity index (χ2n) is 15.3. The third-order valence-electron chi connectivity index (χ3n) is 13.8. The highest BCUT2D eigenvalue weighted by atomic mass is 16.5. The minimum Gasteiger partial charge on any atom is -0.389 e. The average Bonchev–Trinajstić information content (AvgIpc) is 3.29. The van der Waals surface area contributed by atoms with Gasteiger partial charge in [0.15, 0.2) is 0 Å². The predicted octanol–water partition coefficient (Wildman–Crippen LogP) is 4.72. The lowest BCUT2D eigenvalue weighted by molar-refractivity contribution is -0.211. The zero-order chi connectivity index (χ0) is 24.0. The lowest BCUT2D eigenvalue weighted by Gasteiger charge is -2.60. The summed E-state index contributed by atoms with van der Waals surface area (Å²) in [6.45, 7) is 8.70. The molecule has 4 heteroatoms. The van der Waals surface area contributed by atoms with Gasteiger partial charge in [-0.25, -0.2) is 0 Å². The minimum atomic E-state index is -0.188. The molecule has 0 amide bonds. The van der Waals surface area contributed by atoms with Crippen LogP contribution in [0.3, 0.4) is 0 Å². The van der Waals surface area contributed by atoms with Crippen LogP contribution in [0, 0.1) is 45.8 Å². The Bertz CT molecular complexity index is 964. The highest BCUT2D eigenvalue weighted by molar-refractivity contribution is 5.41. The molecule has 0 bridgehead atoms. The number of fused-ring (bicyclic) bond motifs is 6. The van der Waals surface area contributed by atoms with E-state index >= 15 is 0 Å². The number of nitrogens with zero attached hydrogens (tertiary/aromatic N) is 2. The summed E-state index contributed by atoms with van der Waals surface area (Å²) < 4.78 is 7.41. The van der Waals surface area contributed by atoms with Crippen molar-refractivity contribution in [3.63, 3.8) is 0 Å². The van der Waals surface area contributed by atoms with Gasteiger partial charge >= 0.3 is 0 Å². The lowest BCUT2D eigenvalue weighted by atomic mass is 9.47. The number of ether oxygens (including phenoxy) is 1. The summed E-state index contributed by atoms with van der Waals surface area (Å²) >= 11 is 0. The van der Waals surface area contributed by atoms with Crippen LogP contribution in [0.25, 0.3) is 0 Å². The van der Waals surface area contributed by atoms with E-state index in [0.717, 1.165) is 36.0 Å². The van der Waals surface area contributed by atoms with Crippen LogP contribution in [0.2, 0.25) is 0 Å². The average molecular weight is 481 g/mol.